The van der Waals surface area contributed by atoms with Gasteiger partial charge >= 0.3 is 0 Å². The quantitative estimate of drug-likeness (QED) is 0.720. The molecule has 0 fully saturated rings. The van der Waals surface area contributed by atoms with Gasteiger partial charge in [-0.1, -0.05) is 18.2 Å². The summed E-state index contributed by atoms with van der Waals surface area (Å²) in [6, 6.07) is 9.98. The Morgan fingerprint density at radius 1 is 1.18 bits per heavy atom. The van der Waals surface area contributed by atoms with Crippen LogP contribution in [0.15, 0.2) is 36.7 Å². The molecule has 2 aromatic heterocycles. The van der Waals surface area contributed by atoms with E-state index >= 15 is 0 Å². The number of benzene rings is 1. The number of aromatic nitrogens is 6. The van der Waals surface area contributed by atoms with Crippen molar-refractivity contribution < 1.29 is 0 Å². The SMILES string of the molecule is Cn1cnc2c1CCN(Cc1nnnn1-c1ccccc1)C2. The first-order valence-electron chi connectivity index (χ1n) is 7.35. The summed E-state index contributed by atoms with van der Waals surface area (Å²) in [5.41, 5.74) is 3.48. The van der Waals surface area contributed by atoms with E-state index in [9.17, 15) is 0 Å². The molecule has 3 aromatic rings. The number of aryl methyl sites for hydroxylation is 1. The first-order chi connectivity index (χ1) is 10.8. The van der Waals surface area contributed by atoms with E-state index in [1.54, 1.807) is 4.68 Å². The molecule has 0 saturated carbocycles. The van der Waals surface area contributed by atoms with Crippen LogP contribution in [0.2, 0.25) is 0 Å². The average molecular weight is 295 g/mol. The molecule has 7 heteroatoms. The van der Waals surface area contributed by atoms with Crippen molar-refractivity contribution in [2.24, 2.45) is 7.05 Å². The normalized spacial score (nSPS) is 15.0. The highest BCUT2D eigenvalue weighted by Crippen LogP contribution is 2.18. The summed E-state index contributed by atoms with van der Waals surface area (Å²) in [6.45, 7) is 2.56. The molecule has 3 heterocycles. The minimum absolute atomic E-state index is 0.720. The topological polar surface area (TPSA) is 64.7 Å². The van der Waals surface area contributed by atoms with E-state index in [4.69, 9.17) is 0 Å². The maximum atomic E-state index is 4.48. The number of tetrazole rings is 1. The van der Waals surface area contributed by atoms with E-state index in [1.165, 1.54) is 5.69 Å². The lowest BCUT2D eigenvalue weighted by Crippen LogP contribution is -2.31. The molecular formula is C15H17N7. The molecule has 1 aliphatic rings. The van der Waals surface area contributed by atoms with Crippen molar-refractivity contribution in [2.45, 2.75) is 19.5 Å². The molecule has 0 radical (unpaired) electrons. The van der Waals surface area contributed by atoms with Gasteiger partial charge in [-0.2, -0.15) is 4.68 Å². The highest BCUT2D eigenvalue weighted by atomic mass is 15.5. The van der Waals surface area contributed by atoms with Crippen molar-refractivity contribution in [2.75, 3.05) is 6.54 Å². The highest BCUT2D eigenvalue weighted by molar-refractivity contribution is 5.30. The Morgan fingerprint density at radius 3 is 2.91 bits per heavy atom. The maximum absolute atomic E-state index is 4.48. The fraction of sp³-hybridized carbons (Fsp3) is 0.333. The van der Waals surface area contributed by atoms with E-state index in [-0.39, 0.29) is 0 Å². The van der Waals surface area contributed by atoms with Crippen molar-refractivity contribution in [1.29, 1.82) is 0 Å². The minimum atomic E-state index is 0.720. The second kappa shape index (κ2) is 5.34. The van der Waals surface area contributed by atoms with Crippen molar-refractivity contribution in [3.05, 3.63) is 53.9 Å². The third-order valence-electron chi connectivity index (χ3n) is 4.08. The van der Waals surface area contributed by atoms with E-state index < -0.39 is 0 Å². The Labute approximate surface area is 128 Å². The molecule has 0 N–H and O–H groups in total. The van der Waals surface area contributed by atoms with Crippen LogP contribution in [0.25, 0.3) is 5.69 Å². The number of rotatable bonds is 3. The van der Waals surface area contributed by atoms with Crippen LogP contribution in [0.1, 0.15) is 17.2 Å². The Morgan fingerprint density at radius 2 is 2.05 bits per heavy atom. The van der Waals surface area contributed by atoms with Gasteiger partial charge in [-0.3, -0.25) is 4.90 Å². The summed E-state index contributed by atoms with van der Waals surface area (Å²) in [5, 5.41) is 12.1. The number of nitrogens with zero attached hydrogens (tertiary/aromatic N) is 7. The van der Waals surface area contributed by atoms with Gasteiger partial charge in [0, 0.05) is 32.3 Å². The molecule has 0 atom stereocenters. The standard InChI is InChI=1S/C15H17N7/c1-20-11-16-13-9-21(8-7-14(13)20)10-15-17-18-19-22(15)12-5-3-2-4-6-12/h2-6,11H,7-10H2,1H3. The average Bonchev–Trinajstić information content (AvgIpc) is 3.15. The minimum Gasteiger partial charge on any atom is -0.337 e. The zero-order chi connectivity index (χ0) is 14.9. The Hall–Kier alpha value is -2.54. The molecule has 0 saturated heterocycles. The first-order valence-corrected chi connectivity index (χ1v) is 7.35. The summed E-state index contributed by atoms with van der Waals surface area (Å²) in [7, 11) is 2.05. The Balaban J connectivity index is 1.55. The van der Waals surface area contributed by atoms with Crippen LogP contribution in [0.3, 0.4) is 0 Å². The predicted octanol–water partition coefficient (Wildman–Crippen LogP) is 0.954. The van der Waals surface area contributed by atoms with Crippen LogP contribution in [0, 0.1) is 0 Å². The second-order valence-corrected chi connectivity index (χ2v) is 5.55. The molecule has 22 heavy (non-hydrogen) atoms. The molecule has 0 spiro atoms. The lowest BCUT2D eigenvalue weighted by Gasteiger charge is -2.25. The Kier molecular flexibility index (Phi) is 3.19. The maximum Gasteiger partial charge on any atom is 0.170 e. The molecule has 112 valence electrons. The lowest BCUT2D eigenvalue weighted by atomic mass is 10.1. The smallest absolute Gasteiger partial charge is 0.170 e. The summed E-state index contributed by atoms with van der Waals surface area (Å²) in [4.78, 5) is 6.81. The third-order valence-corrected chi connectivity index (χ3v) is 4.08. The highest BCUT2D eigenvalue weighted by Gasteiger charge is 2.21. The van der Waals surface area contributed by atoms with Gasteiger partial charge in [-0.25, -0.2) is 4.98 Å². The Bertz CT molecular complexity index is 774. The van der Waals surface area contributed by atoms with Gasteiger partial charge in [-0.15, -0.1) is 5.10 Å². The summed E-state index contributed by atoms with van der Waals surface area (Å²) >= 11 is 0. The van der Waals surface area contributed by atoms with Crippen LogP contribution in [-0.4, -0.2) is 41.2 Å². The molecule has 0 bridgehead atoms. The van der Waals surface area contributed by atoms with E-state index in [2.05, 4.69) is 37.0 Å². The van der Waals surface area contributed by atoms with E-state index in [0.717, 1.165) is 43.3 Å². The van der Waals surface area contributed by atoms with Crippen LogP contribution in [0.5, 0.6) is 0 Å². The number of hydrogen-bond acceptors (Lipinski definition) is 5. The van der Waals surface area contributed by atoms with Crippen molar-refractivity contribution in [3.8, 4) is 5.69 Å². The molecule has 0 unspecified atom stereocenters. The van der Waals surface area contributed by atoms with Crippen LogP contribution in [0.4, 0.5) is 0 Å². The van der Waals surface area contributed by atoms with E-state index in [1.807, 2.05) is 36.7 Å². The fourth-order valence-electron chi connectivity index (χ4n) is 2.92. The summed E-state index contributed by atoms with van der Waals surface area (Å²) in [5.74, 6) is 0.852. The van der Waals surface area contributed by atoms with E-state index in [0.29, 0.717) is 0 Å². The molecule has 1 aliphatic heterocycles. The number of para-hydroxylation sites is 1. The molecular weight excluding hydrogens is 278 g/mol. The molecule has 1 aromatic carbocycles. The van der Waals surface area contributed by atoms with Gasteiger partial charge in [0.15, 0.2) is 5.82 Å². The largest absolute Gasteiger partial charge is 0.337 e. The van der Waals surface area contributed by atoms with Crippen LogP contribution in [-0.2, 0) is 26.6 Å². The summed E-state index contributed by atoms with van der Waals surface area (Å²) in [6.07, 6.45) is 2.90. The number of hydrogen-bond donors (Lipinski definition) is 0. The molecule has 0 amide bonds. The van der Waals surface area contributed by atoms with Crippen molar-refractivity contribution in [1.82, 2.24) is 34.7 Å². The van der Waals surface area contributed by atoms with Crippen LogP contribution < -0.4 is 0 Å². The van der Waals surface area contributed by atoms with Gasteiger partial charge in [0.2, 0.25) is 0 Å². The second-order valence-electron chi connectivity index (χ2n) is 5.55. The van der Waals surface area contributed by atoms with Crippen LogP contribution >= 0.6 is 0 Å². The fourth-order valence-corrected chi connectivity index (χ4v) is 2.92. The molecule has 7 nitrogen and oxygen atoms in total. The monoisotopic (exact) mass is 295 g/mol. The third kappa shape index (κ3) is 2.29. The lowest BCUT2D eigenvalue weighted by molar-refractivity contribution is 0.232. The van der Waals surface area contributed by atoms with Gasteiger partial charge in [0.25, 0.3) is 0 Å². The predicted molar refractivity (Wildman–Crippen MR) is 80.2 cm³/mol. The molecule has 0 aliphatic carbocycles. The number of imidazole rings is 1. The summed E-state index contributed by atoms with van der Waals surface area (Å²) < 4.78 is 3.91. The zero-order valence-electron chi connectivity index (χ0n) is 12.4. The zero-order valence-corrected chi connectivity index (χ0v) is 12.4. The van der Waals surface area contributed by atoms with Crippen molar-refractivity contribution >= 4 is 0 Å². The van der Waals surface area contributed by atoms with Crippen molar-refractivity contribution in [3.63, 3.8) is 0 Å². The molecule has 4 rings (SSSR count). The number of fused-ring (bicyclic) bond motifs is 1. The van der Waals surface area contributed by atoms with Gasteiger partial charge in [0.1, 0.15) is 0 Å². The first kappa shape index (κ1) is 13.1. The van der Waals surface area contributed by atoms with Gasteiger partial charge in [0.05, 0.1) is 24.3 Å². The van der Waals surface area contributed by atoms with Gasteiger partial charge in [-0.05, 0) is 22.6 Å². The van der Waals surface area contributed by atoms with Gasteiger partial charge < -0.3 is 4.57 Å².